The van der Waals surface area contributed by atoms with Gasteiger partial charge in [-0.05, 0) is 37.9 Å². The van der Waals surface area contributed by atoms with Crippen LogP contribution in [0.5, 0.6) is 0 Å². The molecule has 24 heavy (non-hydrogen) atoms. The van der Waals surface area contributed by atoms with Crippen LogP contribution < -0.4 is 5.73 Å². The van der Waals surface area contributed by atoms with Gasteiger partial charge in [-0.1, -0.05) is 18.2 Å². The molecular formula is C18H25N3OS2. The number of nitrogens with two attached hydrogens (primary N) is 1. The maximum absolute atomic E-state index is 5.76. The molecule has 0 radical (unpaired) electrons. The first-order valence-corrected chi connectivity index (χ1v) is 9.44. The van der Waals surface area contributed by atoms with Crippen LogP contribution in [0.3, 0.4) is 0 Å². The normalized spacial score (nSPS) is 11.1. The minimum Gasteiger partial charge on any atom is -0.467 e. The van der Waals surface area contributed by atoms with Crippen LogP contribution in [0.15, 0.2) is 41.5 Å². The van der Waals surface area contributed by atoms with Crippen LogP contribution in [-0.4, -0.2) is 47.8 Å². The van der Waals surface area contributed by atoms with E-state index in [1.807, 2.05) is 29.0 Å². The minimum atomic E-state index is 0.423. The molecule has 0 spiro atoms. The summed E-state index contributed by atoms with van der Waals surface area (Å²) < 4.78 is 5.76. The van der Waals surface area contributed by atoms with Crippen molar-refractivity contribution < 1.29 is 4.42 Å². The zero-order chi connectivity index (χ0) is 17.5. The maximum Gasteiger partial charge on any atom is 0.166 e. The van der Waals surface area contributed by atoms with Gasteiger partial charge < -0.3 is 20.0 Å². The summed E-state index contributed by atoms with van der Waals surface area (Å²) in [7, 11) is 4.15. The van der Waals surface area contributed by atoms with E-state index in [-0.39, 0.29) is 0 Å². The summed E-state index contributed by atoms with van der Waals surface area (Å²) in [6.45, 7) is 6.17. The van der Waals surface area contributed by atoms with Crippen molar-refractivity contribution in [1.82, 2.24) is 9.80 Å². The van der Waals surface area contributed by atoms with Gasteiger partial charge in [-0.3, -0.25) is 0 Å². The Morgan fingerprint density at radius 2 is 2.21 bits per heavy atom. The van der Waals surface area contributed by atoms with Crippen LogP contribution >= 0.6 is 24.0 Å². The number of thioether (sulfide) groups is 1. The van der Waals surface area contributed by atoms with Crippen molar-refractivity contribution in [3.63, 3.8) is 0 Å². The van der Waals surface area contributed by atoms with Gasteiger partial charge in [0.05, 0.1) is 12.0 Å². The molecule has 0 atom stereocenters. The summed E-state index contributed by atoms with van der Waals surface area (Å²) in [4.78, 5) is 4.12. The van der Waals surface area contributed by atoms with Crippen molar-refractivity contribution in [2.24, 2.45) is 5.73 Å². The predicted octanol–water partition coefficient (Wildman–Crippen LogP) is 3.46. The van der Waals surface area contributed by atoms with Crippen LogP contribution in [0.1, 0.15) is 11.3 Å². The van der Waals surface area contributed by atoms with Crippen molar-refractivity contribution >= 4 is 39.9 Å². The number of furan rings is 1. The monoisotopic (exact) mass is 363 g/mol. The first-order chi connectivity index (χ1) is 11.5. The molecule has 0 amide bonds. The third kappa shape index (κ3) is 5.26. The lowest BCUT2D eigenvalue weighted by Crippen LogP contribution is -2.37. The standard InChI is InChI=1S/C18H25N3OS2/c1-4-7-21(18(19)23)8-9-24-13-17-16-10-14(11-20(2)3)5-6-15(16)12-22-17/h4-6,10,12H,1,7-9,11,13H2,2-3H3,(H2,19,23). The number of benzene rings is 1. The molecule has 130 valence electrons. The summed E-state index contributed by atoms with van der Waals surface area (Å²) in [5.74, 6) is 2.81. The average molecular weight is 364 g/mol. The van der Waals surface area contributed by atoms with Gasteiger partial charge in [0.1, 0.15) is 5.76 Å². The van der Waals surface area contributed by atoms with Crippen LogP contribution in [0, 0.1) is 0 Å². The molecule has 0 fully saturated rings. The molecule has 0 unspecified atom stereocenters. The Kier molecular flexibility index (Phi) is 7.15. The van der Waals surface area contributed by atoms with Gasteiger partial charge in [0.15, 0.2) is 5.11 Å². The number of hydrogen-bond acceptors (Lipinski definition) is 4. The quantitative estimate of drug-likeness (QED) is 0.418. The van der Waals surface area contributed by atoms with E-state index < -0.39 is 0 Å². The molecule has 4 nitrogen and oxygen atoms in total. The lowest BCUT2D eigenvalue weighted by Gasteiger charge is -2.20. The highest BCUT2D eigenvalue weighted by atomic mass is 32.2. The Morgan fingerprint density at radius 1 is 1.42 bits per heavy atom. The summed E-state index contributed by atoms with van der Waals surface area (Å²) in [5.41, 5.74) is 7.01. The molecule has 6 heteroatoms. The van der Waals surface area contributed by atoms with Gasteiger partial charge in [0.25, 0.3) is 0 Å². The zero-order valence-corrected chi connectivity index (χ0v) is 16.0. The van der Waals surface area contributed by atoms with Gasteiger partial charge in [-0.2, -0.15) is 11.8 Å². The van der Waals surface area contributed by atoms with E-state index in [0.717, 1.165) is 35.7 Å². The van der Waals surface area contributed by atoms with Gasteiger partial charge >= 0.3 is 0 Å². The van der Waals surface area contributed by atoms with E-state index in [0.29, 0.717) is 11.7 Å². The van der Waals surface area contributed by atoms with E-state index in [9.17, 15) is 0 Å². The van der Waals surface area contributed by atoms with E-state index >= 15 is 0 Å². The predicted molar refractivity (Wildman–Crippen MR) is 108 cm³/mol. The Labute approximate surface area is 153 Å². The zero-order valence-electron chi connectivity index (χ0n) is 14.3. The minimum absolute atomic E-state index is 0.423. The number of rotatable bonds is 9. The molecule has 0 saturated carbocycles. The molecule has 1 heterocycles. The van der Waals surface area contributed by atoms with Crippen molar-refractivity contribution in [2.75, 3.05) is 32.9 Å². The smallest absolute Gasteiger partial charge is 0.166 e. The van der Waals surface area contributed by atoms with Gasteiger partial charge in [-0.15, -0.1) is 6.58 Å². The molecule has 0 aliphatic heterocycles. The second-order valence-electron chi connectivity index (χ2n) is 5.94. The molecule has 0 aliphatic rings. The summed E-state index contributed by atoms with van der Waals surface area (Å²) in [5, 5.41) is 2.79. The topological polar surface area (TPSA) is 45.6 Å². The summed E-state index contributed by atoms with van der Waals surface area (Å²) in [6.07, 6.45) is 3.65. The fraction of sp³-hybridized carbons (Fsp3) is 0.389. The molecular weight excluding hydrogens is 338 g/mol. The number of fused-ring (bicyclic) bond motifs is 1. The van der Waals surface area contributed by atoms with Crippen LogP contribution in [0.25, 0.3) is 10.8 Å². The number of nitrogens with zero attached hydrogens (tertiary/aromatic N) is 2. The highest BCUT2D eigenvalue weighted by molar-refractivity contribution is 7.98. The van der Waals surface area contributed by atoms with Crippen molar-refractivity contribution in [2.45, 2.75) is 12.3 Å². The Morgan fingerprint density at radius 3 is 2.88 bits per heavy atom. The summed E-state index contributed by atoms with van der Waals surface area (Å²) in [6, 6.07) is 6.52. The first-order valence-electron chi connectivity index (χ1n) is 7.88. The van der Waals surface area contributed by atoms with Crippen LogP contribution in [-0.2, 0) is 12.3 Å². The van der Waals surface area contributed by atoms with Crippen molar-refractivity contribution in [1.29, 1.82) is 0 Å². The molecule has 1 aromatic carbocycles. The van der Waals surface area contributed by atoms with E-state index in [4.69, 9.17) is 22.4 Å². The second-order valence-corrected chi connectivity index (χ2v) is 7.47. The molecule has 1 aromatic heterocycles. The van der Waals surface area contributed by atoms with E-state index in [1.54, 1.807) is 0 Å². The highest BCUT2D eigenvalue weighted by Gasteiger charge is 2.09. The number of hydrogen-bond donors (Lipinski definition) is 1. The second kappa shape index (κ2) is 9.11. The third-order valence-electron chi connectivity index (χ3n) is 3.64. The Bertz CT molecular complexity index is 697. The van der Waals surface area contributed by atoms with E-state index in [2.05, 4.69) is 43.8 Å². The molecule has 2 N–H and O–H groups in total. The van der Waals surface area contributed by atoms with Gasteiger partial charge in [0.2, 0.25) is 0 Å². The lowest BCUT2D eigenvalue weighted by atomic mass is 10.1. The van der Waals surface area contributed by atoms with E-state index in [1.165, 1.54) is 10.9 Å². The Balaban J connectivity index is 1.94. The average Bonchev–Trinajstić information content (AvgIpc) is 2.92. The number of thiocarbonyl (C=S) groups is 1. The highest BCUT2D eigenvalue weighted by Crippen LogP contribution is 2.26. The molecule has 2 rings (SSSR count). The largest absolute Gasteiger partial charge is 0.467 e. The maximum atomic E-state index is 5.76. The van der Waals surface area contributed by atoms with Crippen LogP contribution in [0.4, 0.5) is 0 Å². The van der Waals surface area contributed by atoms with Crippen LogP contribution in [0.2, 0.25) is 0 Å². The fourth-order valence-corrected chi connectivity index (χ4v) is 3.58. The third-order valence-corrected chi connectivity index (χ3v) is 4.84. The lowest BCUT2D eigenvalue weighted by molar-refractivity contribution is 0.403. The SMILES string of the molecule is C=CCN(CCSCc1occ2ccc(CN(C)C)cc12)C(N)=S. The molecule has 2 aromatic rings. The Hall–Kier alpha value is -1.50. The summed E-state index contributed by atoms with van der Waals surface area (Å²) >= 11 is 6.87. The molecule has 0 bridgehead atoms. The molecule has 0 saturated heterocycles. The molecule has 0 aliphatic carbocycles. The van der Waals surface area contributed by atoms with Crippen molar-refractivity contribution in [3.05, 3.63) is 48.4 Å². The van der Waals surface area contributed by atoms with Crippen molar-refractivity contribution in [3.8, 4) is 0 Å². The first kappa shape index (κ1) is 18.8. The van der Waals surface area contributed by atoms with Gasteiger partial charge in [-0.25, -0.2) is 0 Å². The fourth-order valence-electron chi connectivity index (χ4n) is 2.51. The van der Waals surface area contributed by atoms with Gasteiger partial charge in [0, 0.05) is 36.2 Å².